The molecule has 1 heterocycles. The van der Waals surface area contributed by atoms with Crippen LogP contribution in [-0.4, -0.2) is 4.57 Å². The molecule has 0 saturated heterocycles. The second kappa shape index (κ2) is 13.1. The summed E-state index contributed by atoms with van der Waals surface area (Å²) in [6.07, 6.45) is 9.10. The Bertz CT molecular complexity index is 3070. The van der Waals surface area contributed by atoms with Crippen molar-refractivity contribution in [3.63, 3.8) is 0 Å². The molecule has 0 fully saturated rings. The second-order valence-corrected chi connectivity index (χ2v) is 16.1. The van der Waals surface area contributed by atoms with Crippen molar-refractivity contribution in [2.45, 2.75) is 32.1 Å². The van der Waals surface area contributed by atoms with Gasteiger partial charge >= 0.3 is 0 Å². The molecule has 0 unspecified atom stereocenters. The SMILES string of the molecule is CC1(C)c2ccccc2-c2ccc(N(c3ccc(C4=CCCC=C4)cc3)c3ccc(-c4ccc5c(c4)c4c6ccccc6ccc4n5-c4ccccc4)cc3)cc21. The number of allylic oxidation sites excluding steroid dienone is 4. The molecule has 272 valence electrons. The Balaban J connectivity index is 1.03. The Morgan fingerprint density at radius 2 is 1.16 bits per heavy atom. The third kappa shape index (κ3) is 5.39. The van der Waals surface area contributed by atoms with E-state index in [1.165, 1.54) is 82.8 Å². The van der Waals surface area contributed by atoms with E-state index in [9.17, 15) is 0 Å². The molecule has 8 aromatic carbocycles. The van der Waals surface area contributed by atoms with Crippen LogP contribution >= 0.6 is 0 Å². The average Bonchev–Trinajstić information content (AvgIpc) is 3.73. The van der Waals surface area contributed by atoms with Crippen molar-refractivity contribution >= 4 is 55.2 Å². The highest BCUT2D eigenvalue weighted by atomic mass is 15.1. The summed E-state index contributed by atoms with van der Waals surface area (Å²) in [4.78, 5) is 2.42. The van der Waals surface area contributed by atoms with Gasteiger partial charge in [0.15, 0.2) is 0 Å². The summed E-state index contributed by atoms with van der Waals surface area (Å²) in [5.41, 5.74) is 17.3. The summed E-state index contributed by atoms with van der Waals surface area (Å²) < 4.78 is 2.41. The number of benzene rings is 8. The smallest absolute Gasteiger partial charge is 0.0547 e. The van der Waals surface area contributed by atoms with Crippen LogP contribution in [0.5, 0.6) is 0 Å². The van der Waals surface area contributed by atoms with Gasteiger partial charge in [0.25, 0.3) is 0 Å². The fourth-order valence-electron chi connectivity index (χ4n) is 9.54. The Hall–Kier alpha value is -6.90. The van der Waals surface area contributed by atoms with Crippen molar-refractivity contribution in [1.29, 1.82) is 0 Å². The van der Waals surface area contributed by atoms with Crippen LogP contribution in [0.2, 0.25) is 0 Å². The zero-order chi connectivity index (χ0) is 38.1. The van der Waals surface area contributed by atoms with Gasteiger partial charge in [-0.3, -0.25) is 0 Å². The highest BCUT2D eigenvalue weighted by Crippen LogP contribution is 2.51. The van der Waals surface area contributed by atoms with Gasteiger partial charge in [-0.1, -0.05) is 141 Å². The number of nitrogens with zero attached hydrogens (tertiary/aromatic N) is 2. The maximum atomic E-state index is 2.42. The van der Waals surface area contributed by atoms with Crippen LogP contribution in [0.3, 0.4) is 0 Å². The molecule has 0 N–H and O–H groups in total. The van der Waals surface area contributed by atoms with E-state index in [4.69, 9.17) is 0 Å². The highest BCUT2D eigenvalue weighted by Gasteiger charge is 2.35. The number of hydrogen-bond acceptors (Lipinski definition) is 1. The third-order valence-corrected chi connectivity index (χ3v) is 12.4. The lowest BCUT2D eigenvalue weighted by Gasteiger charge is -2.28. The summed E-state index contributed by atoms with van der Waals surface area (Å²) >= 11 is 0. The van der Waals surface area contributed by atoms with Crippen molar-refractivity contribution in [2.75, 3.05) is 4.90 Å². The normalized spacial score (nSPS) is 14.2. The van der Waals surface area contributed by atoms with Crippen LogP contribution in [-0.2, 0) is 5.41 Å². The van der Waals surface area contributed by atoms with E-state index in [1.807, 2.05) is 0 Å². The van der Waals surface area contributed by atoms with E-state index in [1.54, 1.807) is 0 Å². The molecular formula is C55H42N2. The van der Waals surface area contributed by atoms with Gasteiger partial charge in [-0.25, -0.2) is 0 Å². The van der Waals surface area contributed by atoms with Gasteiger partial charge in [0.05, 0.1) is 11.0 Å². The minimum atomic E-state index is -0.0886. The lowest BCUT2D eigenvalue weighted by atomic mass is 9.82. The summed E-state index contributed by atoms with van der Waals surface area (Å²) in [7, 11) is 0. The quantitative estimate of drug-likeness (QED) is 0.165. The van der Waals surface area contributed by atoms with Gasteiger partial charge in [-0.05, 0) is 135 Å². The Labute approximate surface area is 334 Å². The zero-order valence-corrected chi connectivity index (χ0v) is 32.3. The Morgan fingerprint density at radius 3 is 1.95 bits per heavy atom. The summed E-state index contributed by atoms with van der Waals surface area (Å²) in [6.45, 7) is 4.72. The van der Waals surface area contributed by atoms with Gasteiger partial charge in [0, 0.05) is 38.9 Å². The molecule has 0 aliphatic heterocycles. The third-order valence-electron chi connectivity index (χ3n) is 12.4. The van der Waals surface area contributed by atoms with Crippen LogP contribution in [0, 0.1) is 0 Å². The van der Waals surface area contributed by atoms with Crippen LogP contribution in [0.1, 0.15) is 43.4 Å². The summed E-state index contributed by atoms with van der Waals surface area (Å²) in [5, 5.41) is 5.09. The standard InChI is InChI=1S/C55H42N2/c1-55(2)50-20-12-11-19-47(50)48-32-31-45(36-51(48)55)56(43-27-21-38(22-28-43)37-13-5-3-6-14-37)44-29-23-39(24-30-44)41-26-33-52-49(35-41)54-46-18-10-9-15-40(46)25-34-53(54)57(52)42-16-7-4-8-17-42/h4-5,7-36H,3,6H2,1-2H3. The molecule has 2 aliphatic rings. The van der Waals surface area contributed by atoms with E-state index in [0.717, 1.165) is 29.9 Å². The molecule has 0 radical (unpaired) electrons. The molecule has 1 aromatic heterocycles. The van der Waals surface area contributed by atoms with Crippen molar-refractivity contribution in [2.24, 2.45) is 0 Å². The molecule has 0 bridgehead atoms. The molecule has 0 atom stereocenters. The van der Waals surface area contributed by atoms with Crippen molar-refractivity contribution in [1.82, 2.24) is 4.57 Å². The molecule has 0 amide bonds. The lowest BCUT2D eigenvalue weighted by molar-refractivity contribution is 0.660. The van der Waals surface area contributed by atoms with Crippen LogP contribution in [0.15, 0.2) is 194 Å². The first-order chi connectivity index (χ1) is 28.0. The number of anilines is 3. The van der Waals surface area contributed by atoms with Gasteiger partial charge in [-0.15, -0.1) is 0 Å². The van der Waals surface area contributed by atoms with Crippen molar-refractivity contribution in [3.8, 4) is 27.9 Å². The van der Waals surface area contributed by atoms with Crippen LogP contribution in [0.25, 0.3) is 66.1 Å². The van der Waals surface area contributed by atoms with Crippen LogP contribution < -0.4 is 4.90 Å². The summed E-state index contributed by atoms with van der Waals surface area (Å²) in [6, 6.07) is 65.2. The summed E-state index contributed by atoms with van der Waals surface area (Å²) in [5.74, 6) is 0. The average molecular weight is 731 g/mol. The Kier molecular flexibility index (Phi) is 7.69. The fraction of sp³-hybridized carbons (Fsp3) is 0.0909. The highest BCUT2D eigenvalue weighted by molar-refractivity contribution is 6.21. The first-order valence-corrected chi connectivity index (χ1v) is 20.2. The van der Waals surface area contributed by atoms with Gasteiger partial charge in [0.2, 0.25) is 0 Å². The van der Waals surface area contributed by atoms with Crippen molar-refractivity contribution in [3.05, 3.63) is 211 Å². The maximum absolute atomic E-state index is 2.42. The van der Waals surface area contributed by atoms with Crippen LogP contribution in [0.4, 0.5) is 17.1 Å². The fourth-order valence-corrected chi connectivity index (χ4v) is 9.54. The van der Waals surface area contributed by atoms with E-state index >= 15 is 0 Å². The molecule has 9 aromatic rings. The first-order valence-electron chi connectivity index (χ1n) is 20.2. The number of rotatable bonds is 6. The second-order valence-electron chi connectivity index (χ2n) is 16.1. The van der Waals surface area contributed by atoms with Gasteiger partial charge in [0.1, 0.15) is 0 Å². The van der Waals surface area contributed by atoms with E-state index in [0.29, 0.717) is 0 Å². The number of hydrogen-bond donors (Lipinski definition) is 0. The number of fused-ring (bicyclic) bond motifs is 8. The minimum absolute atomic E-state index is 0.0886. The van der Waals surface area contributed by atoms with E-state index in [2.05, 4.69) is 217 Å². The van der Waals surface area contributed by atoms with Gasteiger partial charge < -0.3 is 9.47 Å². The molecule has 2 aliphatic carbocycles. The van der Waals surface area contributed by atoms with Crippen molar-refractivity contribution < 1.29 is 0 Å². The molecule has 11 rings (SSSR count). The molecule has 57 heavy (non-hydrogen) atoms. The topological polar surface area (TPSA) is 8.17 Å². The molecule has 0 saturated carbocycles. The molecule has 2 nitrogen and oxygen atoms in total. The van der Waals surface area contributed by atoms with E-state index in [-0.39, 0.29) is 5.41 Å². The molecule has 0 spiro atoms. The molecular weight excluding hydrogens is 689 g/mol. The predicted octanol–water partition coefficient (Wildman–Crippen LogP) is 15.1. The number of aromatic nitrogens is 1. The predicted molar refractivity (Wildman–Crippen MR) is 242 cm³/mol. The van der Waals surface area contributed by atoms with Gasteiger partial charge in [-0.2, -0.15) is 0 Å². The number of para-hydroxylation sites is 1. The molecule has 2 heteroatoms. The Morgan fingerprint density at radius 1 is 0.491 bits per heavy atom. The monoisotopic (exact) mass is 730 g/mol. The lowest BCUT2D eigenvalue weighted by Crippen LogP contribution is -2.16. The van der Waals surface area contributed by atoms with E-state index < -0.39 is 0 Å². The first kappa shape index (κ1) is 33.4. The maximum Gasteiger partial charge on any atom is 0.0547 e. The zero-order valence-electron chi connectivity index (χ0n) is 32.3. The largest absolute Gasteiger partial charge is 0.310 e. The minimum Gasteiger partial charge on any atom is -0.310 e.